The monoisotopic (exact) mass is 272 g/mol. The number of ether oxygens (including phenoxy) is 1. The van der Waals surface area contributed by atoms with Crippen LogP contribution >= 0.6 is 0 Å². The van der Waals surface area contributed by atoms with E-state index in [2.05, 4.69) is 0 Å². The van der Waals surface area contributed by atoms with Crippen molar-refractivity contribution in [3.63, 3.8) is 0 Å². The number of furan rings is 1. The van der Waals surface area contributed by atoms with Gasteiger partial charge in [-0.1, -0.05) is 12.1 Å². The molecule has 1 heterocycles. The highest BCUT2D eigenvalue weighted by atomic mass is 16.5. The zero-order valence-corrected chi connectivity index (χ0v) is 11.3. The number of ketones is 2. The Labute approximate surface area is 117 Å². The summed E-state index contributed by atoms with van der Waals surface area (Å²) in [6.45, 7) is 1.53. The zero-order chi connectivity index (χ0) is 14.4. The molecule has 0 fully saturated rings. The van der Waals surface area contributed by atoms with E-state index in [4.69, 9.17) is 9.15 Å². The lowest BCUT2D eigenvalue weighted by molar-refractivity contribution is -0.116. The van der Waals surface area contributed by atoms with Gasteiger partial charge in [-0.3, -0.25) is 4.79 Å². The molecule has 1 aromatic heterocycles. The number of carbonyl (C=O) groups excluding carboxylic acids is 2. The molecule has 0 radical (unpaired) electrons. The summed E-state index contributed by atoms with van der Waals surface area (Å²) in [6, 6.07) is 10.7. The fraction of sp³-hybridized carbons (Fsp3) is 0.250. The molecule has 0 N–H and O–H groups in total. The molecule has 1 aromatic carbocycles. The molecule has 0 aliphatic rings. The molecule has 2 rings (SSSR count). The maximum absolute atomic E-state index is 11.7. The quantitative estimate of drug-likeness (QED) is 0.727. The van der Waals surface area contributed by atoms with Crippen LogP contribution in [0.4, 0.5) is 0 Å². The molecule has 0 saturated heterocycles. The molecule has 0 bridgehead atoms. The van der Waals surface area contributed by atoms with Gasteiger partial charge in [-0.15, -0.1) is 0 Å². The fourth-order valence-corrected chi connectivity index (χ4v) is 1.73. The summed E-state index contributed by atoms with van der Waals surface area (Å²) >= 11 is 0. The molecular formula is C16H16O4. The van der Waals surface area contributed by atoms with E-state index in [1.807, 2.05) is 12.1 Å². The highest BCUT2D eigenvalue weighted by Crippen LogP contribution is 2.14. The average molecular weight is 272 g/mol. The number of Topliss-reactive ketones (excluding diaryl/α,β-unsaturated/α-hetero) is 2. The van der Waals surface area contributed by atoms with Crippen molar-refractivity contribution in [3.05, 3.63) is 54.0 Å². The van der Waals surface area contributed by atoms with Gasteiger partial charge in [0.05, 0.1) is 6.26 Å². The van der Waals surface area contributed by atoms with Crippen molar-refractivity contribution >= 4 is 11.6 Å². The molecule has 0 amide bonds. The van der Waals surface area contributed by atoms with Gasteiger partial charge in [-0.05, 0) is 43.2 Å². The van der Waals surface area contributed by atoms with Gasteiger partial charge in [-0.25, -0.2) is 0 Å². The van der Waals surface area contributed by atoms with E-state index in [0.717, 1.165) is 12.0 Å². The van der Waals surface area contributed by atoms with Crippen LogP contribution in [0.2, 0.25) is 0 Å². The van der Waals surface area contributed by atoms with Crippen molar-refractivity contribution in [3.8, 4) is 5.75 Å². The second kappa shape index (κ2) is 6.70. The third-order valence-electron chi connectivity index (χ3n) is 2.86. The van der Waals surface area contributed by atoms with E-state index in [-0.39, 0.29) is 18.2 Å². The summed E-state index contributed by atoms with van der Waals surface area (Å²) in [4.78, 5) is 22.6. The molecule has 0 atom stereocenters. The summed E-state index contributed by atoms with van der Waals surface area (Å²) in [6.07, 6.45) is 2.72. The van der Waals surface area contributed by atoms with Gasteiger partial charge in [0.2, 0.25) is 5.78 Å². The minimum absolute atomic E-state index is 0.0553. The number of carbonyl (C=O) groups is 2. The van der Waals surface area contributed by atoms with Crippen molar-refractivity contribution in [1.82, 2.24) is 0 Å². The van der Waals surface area contributed by atoms with Crippen LogP contribution < -0.4 is 4.74 Å². The standard InChI is InChI=1S/C16H16O4/c1-12(17)4-5-13-6-8-14(9-7-13)20-11-15(18)16-3-2-10-19-16/h2-3,6-10H,4-5,11H2,1H3. The Morgan fingerprint density at radius 3 is 2.50 bits per heavy atom. The van der Waals surface area contributed by atoms with Gasteiger partial charge < -0.3 is 13.9 Å². The van der Waals surface area contributed by atoms with Crippen molar-refractivity contribution in [2.45, 2.75) is 19.8 Å². The van der Waals surface area contributed by atoms with E-state index >= 15 is 0 Å². The molecule has 20 heavy (non-hydrogen) atoms. The number of benzene rings is 1. The van der Waals surface area contributed by atoms with E-state index in [9.17, 15) is 9.59 Å². The summed E-state index contributed by atoms with van der Waals surface area (Å²) < 4.78 is 10.4. The number of rotatable bonds is 7. The normalized spacial score (nSPS) is 10.2. The van der Waals surface area contributed by atoms with Crippen LogP contribution in [0.5, 0.6) is 5.75 Å². The summed E-state index contributed by atoms with van der Waals surface area (Å²) in [7, 11) is 0. The Morgan fingerprint density at radius 2 is 1.90 bits per heavy atom. The van der Waals surface area contributed by atoms with Crippen LogP contribution in [0.15, 0.2) is 47.1 Å². The van der Waals surface area contributed by atoms with E-state index < -0.39 is 0 Å². The lowest BCUT2D eigenvalue weighted by atomic mass is 10.1. The topological polar surface area (TPSA) is 56.5 Å². The molecular weight excluding hydrogens is 256 g/mol. The molecule has 0 spiro atoms. The molecule has 0 aliphatic carbocycles. The Hall–Kier alpha value is -2.36. The van der Waals surface area contributed by atoms with Crippen LogP contribution in [0.1, 0.15) is 29.5 Å². The Bertz CT molecular complexity index is 567. The predicted molar refractivity (Wildman–Crippen MR) is 74.0 cm³/mol. The lowest BCUT2D eigenvalue weighted by Gasteiger charge is -2.05. The van der Waals surface area contributed by atoms with Gasteiger partial charge >= 0.3 is 0 Å². The summed E-state index contributed by atoms with van der Waals surface area (Å²) in [5.74, 6) is 0.893. The molecule has 4 nitrogen and oxygen atoms in total. The van der Waals surface area contributed by atoms with Crippen molar-refractivity contribution < 1.29 is 18.7 Å². The van der Waals surface area contributed by atoms with Crippen LogP contribution in [-0.4, -0.2) is 18.2 Å². The van der Waals surface area contributed by atoms with Crippen LogP contribution in [0.25, 0.3) is 0 Å². The third-order valence-corrected chi connectivity index (χ3v) is 2.86. The molecule has 0 unspecified atom stereocenters. The van der Waals surface area contributed by atoms with Crippen LogP contribution in [-0.2, 0) is 11.2 Å². The number of hydrogen-bond donors (Lipinski definition) is 0. The van der Waals surface area contributed by atoms with Gasteiger partial charge in [0, 0.05) is 6.42 Å². The third kappa shape index (κ3) is 4.09. The first-order valence-electron chi connectivity index (χ1n) is 6.43. The Balaban J connectivity index is 1.84. The van der Waals surface area contributed by atoms with E-state index in [0.29, 0.717) is 17.9 Å². The minimum atomic E-state index is -0.198. The molecule has 0 aliphatic heterocycles. The van der Waals surface area contributed by atoms with Gasteiger partial charge in [0.15, 0.2) is 12.4 Å². The zero-order valence-electron chi connectivity index (χ0n) is 11.3. The van der Waals surface area contributed by atoms with Crippen molar-refractivity contribution in [2.24, 2.45) is 0 Å². The smallest absolute Gasteiger partial charge is 0.235 e. The number of hydrogen-bond acceptors (Lipinski definition) is 4. The SMILES string of the molecule is CC(=O)CCc1ccc(OCC(=O)c2ccco2)cc1. The highest BCUT2D eigenvalue weighted by molar-refractivity contribution is 5.94. The minimum Gasteiger partial charge on any atom is -0.485 e. The lowest BCUT2D eigenvalue weighted by Crippen LogP contribution is -2.10. The van der Waals surface area contributed by atoms with E-state index in [1.54, 1.807) is 31.2 Å². The molecule has 104 valence electrons. The maximum Gasteiger partial charge on any atom is 0.235 e. The average Bonchev–Trinajstić information content (AvgIpc) is 2.98. The largest absolute Gasteiger partial charge is 0.485 e. The van der Waals surface area contributed by atoms with Crippen LogP contribution in [0.3, 0.4) is 0 Å². The summed E-state index contributed by atoms with van der Waals surface area (Å²) in [5, 5.41) is 0. The first kappa shape index (κ1) is 14.1. The molecule has 4 heteroatoms. The Kier molecular flexibility index (Phi) is 4.71. The second-order valence-electron chi connectivity index (χ2n) is 4.54. The van der Waals surface area contributed by atoms with Crippen molar-refractivity contribution in [2.75, 3.05) is 6.61 Å². The molecule has 0 saturated carbocycles. The fourth-order valence-electron chi connectivity index (χ4n) is 1.73. The number of aryl methyl sites for hydroxylation is 1. The van der Waals surface area contributed by atoms with Gasteiger partial charge in [-0.2, -0.15) is 0 Å². The maximum atomic E-state index is 11.7. The second-order valence-corrected chi connectivity index (χ2v) is 4.54. The molecule has 2 aromatic rings. The highest BCUT2D eigenvalue weighted by Gasteiger charge is 2.09. The van der Waals surface area contributed by atoms with Crippen LogP contribution in [0, 0.1) is 0 Å². The van der Waals surface area contributed by atoms with Crippen molar-refractivity contribution in [1.29, 1.82) is 0 Å². The Morgan fingerprint density at radius 1 is 1.15 bits per heavy atom. The summed E-state index contributed by atoms with van der Waals surface area (Å²) in [5.41, 5.74) is 1.07. The van der Waals surface area contributed by atoms with Gasteiger partial charge in [0.25, 0.3) is 0 Å². The first-order chi connectivity index (χ1) is 9.65. The van der Waals surface area contributed by atoms with E-state index in [1.165, 1.54) is 6.26 Å². The predicted octanol–water partition coefficient (Wildman–Crippen LogP) is 3.06. The van der Waals surface area contributed by atoms with Gasteiger partial charge in [0.1, 0.15) is 11.5 Å². The first-order valence-corrected chi connectivity index (χ1v) is 6.43.